The molecule has 0 radical (unpaired) electrons. The van der Waals surface area contributed by atoms with Crippen LogP contribution in [0.4, 0.5) is 0 Å². The maximum Gasteiger partial charge on any atom is 0.276 e. The van der Waals surface area contributed by atoms with Gasteiger partial charge in [0.25, 0.3) is 5.56 Å². The molecule has 0 fully saturated rings. The second-order valence-electron chi connectivity index (χ2n) is 4.34. The fraction of sp³-hybridized carbons (Fsp3) is 0.0714. The molecule has 0 saturated heterocycles. The van der Waals surface area contributed by atoms with Crippen LogP contribution >= 0.6 is 0 Å². The minimum absolute atomic E-state index is 0.0362. The molecule has 2 aromatic rings. The van der Waals surface area contributed by atoms with Crippen LogP contribution in [0.15, 0.2) is 40.1 Å². The average Bonchev–Trinajstić information content (AvgIpc) is 2.83. The van der Waals surface area contributed by atoms with Crippen LogP contribution in [0.5, 0.6) is 5.88 Å². The van der Waals surface area contributed by atoms with Crippen LogP contribution in [0.25, 0.3) is 5.69 Å². The summed E-state index contributed by atoms with van der Waals surface area (Å²) in [4.78, 5) is 16.4. The number of aliphatic imine (C=N–C) groups is 1. The molecule has 1 aromatic heterocycles. The number of amidine groups is 1. The van der Waals surface area contributed by atoms with Gasteiger partial charge >= 0.3 is 0 Å². The van der Waals surface area contributed by atoms with Gasteiger partial charge in [-0.15, -0.1) is 0 Å². The first-order valence-corrected chi connectivity index (χ1v) is 5.91. The Labute approximate surface area is 114 Å². The zero-order valence-electron chi connectivity index (χ0n) is 10.4. The fourth-order valence-electron chi connectivity index (χ4n) is 2.31. The van der Waals surface area contributed by atoms with Gasteiger partial charge in [0.15, 0.2) is 0 Å². The number of nitrogens with two attached hydrogens (primary N) is 1. The predicted octanol–water partition coefficient (Wildman–Crippen LogP) is 0.634. The van der Waals surface area contributed by atoms with Crippen molar-refractivity contribution in [3.05, 3.63) is 57.4 Å². The monoisotopic (exact) mass is 266 g/mol. The molecule has 0 saturated carbocycles. The number of aromatic hydroxyl groups is 1. The first-order chi connectivity index (χ1) is 9.65. The van der Waals surface area contributed by atoms with Gasteiger partial charge in [0.05, 0.1) is 17.8 Å². The van der Waals surface area contributed by atoms with Gasteiger partial charge in [-0.1, -0.05) is 18.2 Å². The van der Waals surface area contributed by atoms with Crippen LogP contribution in [0.3, 0.4) is 0 Å². The summed E-state index contributed by atoms with van der Waals surface area (Å²) in [6, 6.07) is 10.5. The number of hydrogen-bond acceptors (Lipinski definition) is 5. The van der Waals surface area contributed by atoms with Crippen molar-refractivity contribution in [2.24, 2.45) is 10.7 Å². The highest BCUT2D eigenvalue weighted by molar-refractivity contribution is 6.03. The lowest BCUT2D eigenvalue weighted by atomic mass is 10.1. The number of para-hydroxylation sites is 1. The van der Waals surface area contributed by atoms with Gasteiger partial charge in [-0.25, -0.2) is 4.57 Å². The molecule has 0 bridgehead atoms. The summed E-state index contributed by atoms with van der Waals surface area (Å²) in [6.07, 6.45) is 0. The molecule has 0 amide bonds. The Morgan fingerprint density at radius 3 is 2.70 bits per heavy atom. The van der Waals surface area contributed by atoms with Crippen molar-refractivity contribution in [3.8, 4) is 17.6 Å². The average molecular weight is 266 g/mol. The van der Waals surface area contributed by atoms with Crippen molar-refractivity contribution in [2.45, 2.75) is 6.54 Å². The van der Waals surface area contributed by atoms with E-state index in [0.717, 1.165) is 4.57 Å². The van der Waals surface area contributed by atoms with Crippen molar-refractivity contribution in [3.63, 3.8) is 0 Å². The van der Waals surface area contributed by atoms with Crippen LogP contribution in [-0.4, -0.2) is 15.5 Å². The van der Waals surface area contributed by atoms with E-state index < -0.39 is 5.56 Å². The quantitative estimate of drug-likeness (QED) is 0.789. The lowest BCUT2D eigenvalue weighted by Crippen LogP contribution is -2.26. The third-order valence-electron chi connectivity index (χ3n) is 3.25. The van der Waals surface area contributed by atoms with E-state index >= 15 is 0 Å². The third-order valence-corrected chi connectivity index (χ3v) is 3.25. The molecule has 1 aromatic carbocycles. The van der Waals surface area contributed by atoms with Crippen LogP contribution in [-0.2, 0) is 6.54 Å². The Kier molecular flexibility index (Phi) is 2.54. The Morgan fingerprint density at radius 2 is 2.05 bits per heavy atom. The second-order valence-corrected chi connectivity index (χ2v) is 4.34. The smallest absolute Gasteiger partial charge is 0.276 e. The molecule has 3 rings (SSSR count). The molecule has 0 aliphatic carbocycles. The number of aromatic nitrogens is 1. The molecule has 3 N–H and O–H groups in total. The maximum absolute atomic E-state index is 12.4. The first kappa shape index (κ1) is 12.0. The van der Waals surface area contributed by atoms with Crippen molar-refractivity contribution in [1.29, 1.82) is 5.26 Å². The number of fused-ring (bicyclic) bond motifs is 1. The van der Waals surface area contributed by atoms with Crippen molar-refractivity contribution in [2.75, 3.05) is 0 Å². The van der Waals surface area contributed by atoms with Gasteiger partial charge in [0.1, 0.15) is 17.5 Å². The maximum atomic E-state index is 12.4. The van der Waals surface area contributed by atoms with Gasteiger partial charge in [0.2, 0.25) is 5.88 Å². The summed E-state index contributed by atoms with van der Waals surface area (Å²) < 4.78 is 1.07. The molecule has 20 heavy (non-hydrogen) atoms. The molecule has 0 unspecified atom stereocenters. The van der Waals surface area contributed by atoms with Gasteiger partial charge in [-0.05, 0) is 12.1 Å². The lowest BCUT2D eigenvalue weighted by molar-refractivity contribution is 0.433. The molecule has 1 aliphatic heterocycles. The summed E-state index contributed by atoms with van der Waals surface area (Å²) in [6.45, 7) is 0.141. The molecular formula is C14H10N4O2. The predicted molar refractivity (Wildman–Crippen MR) is 72.8 cm³/mol. The van der Waals surface area contributed by atoms with Crippen molar-refractivity contribution < 1.29 is 5.11 Å². The van der Waals surface area contributed by atoms with E-state index in [2.05, 4.69) is 4.99 Å². The number of pyridine rings is 1. The van der Waals surface area contributed by atoms with E-state index in [9.17, 15) is 15.2 Å². The summed E-state index contributed by atoms with van der Waals surface area (Å²) in [7, 11) is 0. The summed E-state index contributed by atoms with van der Waals surface area (Å²) in [5.41, 5.74) is 6.25. The van der Waals surface area contributed by atoms with Gasteiger partial charge < -0.3 is 10.8 Å². The molecular weight excluding hydrogens is 256 g/mol. The fourth-order valence-corrected chi connectivity index (χ4v) is 2.31. The lowest BCUT2D eigenvalue weighted by Gasteiger charge is -2.13. The van der Waals surface area contributed by atoms with E-state index in [4.69, 9.17) is 5.73 Å². The Bertz CT molecular complexity index is 829. The molecule has 6 heteroatoms. The number of nitrogens with zero attached hydrogens (tertiary/aromatic N) is 3. The summed E-state index contributed by atoms with van der Waals surface area (Å²) in [5.74, 6) is -0.146. The largest absolute Gasteiger partial charge is 0.494 e. The number of benzene rings is 1. The highest BCUT2D eigenvalue weighted by Gasteiger charge is 2.27. The molecule has 2 heterocycles. The second kappa shape index (κ2) is 4.24. The molecule has 0 atom stereocenters. The Morgan fingerprint density at radius 1 is 1.35 bits per heavy atom. The Hall–Kier alpha value is -3.07. The third kappa shape index (κ3) is 1.50. The number of rotatable bonds is 1. The van der Waals surface area contributed by atoms with Crippen LogP contribution in [0.1, 0.15) is 16.7 Å². The zero-order valence-corrected chi connectivity index (χ0v) is 10.4. The van der Waals surface area contributed by atoms with Gasteiger partial charge in [0, 0.05) is 5.56 Å². The number of nitriles is 1. The number of hydrogen-bond donors (Lipinski definition) is 2. The molecule has 1 aliphatic rings. The molecule has 6 nitrogen and oxygen atoms in total. The van der Waals surface area contributed by atoms with Gasteiger partial charge in [-0.2, -0.15) is 5.26 Å². The summed E-state index contributed by atoms with van der Waals surface area (Å²) >= 11 is 0. The minimum Gasteiger partial charge on any atom is -0.494 e. The highest BCUT2D eigenvalue weighted by atomic mass is 16.3. The van der Waals surface area contributed by atoms with Crippen LogP contribution in [0, 0.1) is 11.3 Å². The minimum atomic E-state index is -0.570. The zero-order chi connectivity index (χ0) is 14.3. The van der Waals surface area contributed by atoms with E-state index in [1.165, 1.54) is 0 Å². The first-order valence-electron chi connectivity index (χ1n) is 5.91. The molecule has 98 valence electrons. The van der Waals surface area contributed by atoms with Crippen LogP contribution in [0.2, 0.25) is 0 Å². The topological polar surface area (TPSA) is 104 Å². The van der Waals surface area contributed by atoms with E-state index in [-0.39, 0.29) is 29.4 Å². The van der Waals surface area contributed by atoms with Crippen molar-refractivity contribution >= 4 is 5.84 Å². The normalized spacial score (nSPS) is 12.7. The highest BCUT2D eigenvalue weighted by Crippen LogP contribution is 2.28. The van der Waals surface area contributed by atoms with E-state index in [0.29, 0.717) is 11.3 Å². The summed E-state index contributed by atoms with van der Waals surface area (Å²) in [5, 5.41) is 19.5. The van der Waals surface area contributed by atoms with Crippen molar-refractivity contribution in [1.82, 2.24) is 4.57 Å². The SMILES string of the molecule is N#Cc1c2c(c(O)n(-c3ccccc3)c1=O)C(N)=NC2. The van der Waals surface area contributed by atoms with Crippen LogP contribution < -0.4 is 11.3 Å². The van der Waals surface area contributed by atoms with Gasteiger partial charge in [-0.3, -0.25) is 9.79 Å². The van der Waals surface area contributed by atoms with E-state index in [1.807, 2.05) is 6.07 Å². The standard InChI is InChI=1S/C14H10N4O2/c15-6-9-10-7-17-12(16)11(10)14(20)18(13(9)19)8-4-2-1-3-5-8/h1-5,20H,7H2,(H2,16,17). The molecule has 0 spiro atoms. The Balaban J connectivity index is 2.44. The van der Waals surface area contributed by atoms with E-state index in [1.54, 1.807) is 30.3 Å².